The minimum atomic E-state index is -0.417. The molecule has 2 heterocycles. The molecule has 9 heteroatoms. The fourth-order valence-electron chi connectivity index (χ4n) is 2.70. The van der Waals surface area contributed by atoms with E-state index < -0.39 is 4.92 Å². The SMILES string of the molecule is Cc1nn(C)c(NC2CCN(C(=O)OC(C)C)CC2)c1[N+](=O)[O-]. The molecule has 1 aromatic rings. The lowest BCUT2D eigenvalue weighted by molar-refractivity contribution is -0.384. The smallest absolute Gasteiger partial charge is 0.410 e. The van der Waals surface area contributed by atoms with Crippen LogP contribution >= 0.6 is 0 Å². The van der Waals surface area contributed by atoms with Gasteiger partial charge in [-0.05, 0) is 33.6 Å². The number of nitrogens with one attached hydrogen (secondary N) is 1. The molecule has 1 aromatic heterocycles. The number of aryl methyl sites for hydroxylation is 2. The lowest BCUT2D eigenvalue weighted by Crippen LogP contribution is -2.43. The number of ether oxygens (including phenoxy) is 1. The molecule has 2 rings (SSSR count). The van der Waals surface area contributed by atoms with Gasteiger partial charge in [0.15, 0.2) is 0 Å². The molecule has 0 radical (unpaired) electrons. The van der Waals surface area contributed by atoms with Gasteiger partial charge in [-0.2, -0.15) is 5.10 Å². The van der Waals surface area contributed by atoms with Gasteiger partial charge >= 0.3 is 11.8 Å². The van der Waals surface area contributed by atoms with Crippen LogP contribution < -0.4 is 5.32 Å². The van der Waals surface area contributed by atoms with Crippen molar-refractivity contribution in [2.45, 2.75) is 45.8 Å². The van der Waals surface area contributed by atoms with E-state index in [-0.39, 0.29) is 23.9 Å². The van der Waals surface area contributed by atoms with Crippen LogP contribution in [0.15, 0.2) is 0 Å². The largest absolute Gasteiger partial charge is 0.447 e. The first-order chi connectivity index (χ1) is 10.8. The Kier molecular flexibility index (Phi) is 5.07. The van der Waals surface area contributed by atoms with Gasteiger partial charge in [0.05, 0.1) is 11.0 Å². The van der Waals surface area contributed by atoms with E-state index in [2.05, 4.69) is 10.4 Å². The van der Waals surface area contributed by atoms with E-state index >= 15 is 0 Å². The summed E-state index contributed by atoms with van der Waals surface area (Å²) in [4.78, 5) is 24.3. The van der Waals surface area contributed by atoms with Gasteiger partial charge in [-0.25, -0.2) is 9.48 Å². The molecule has 0 saturated carbocycles. The van der Waals surface area contributed by atoms with Crippen molar-refractivity contribution in [2.24, 2.45) is 7.05 Å². The Balaban J connectivity index is 1.97. The van der Waals surface area contributed by atoms with Crippen molar-refractivity contribution in [3.05, 3.63) is 15.8 Å². The van der Waals surface area contributed by atoms with Gasteiger partial charge < -0.3 is 15.0 Å². The molecule has 0 spiro atoms. The molecule has 1 aliphatic heterocycles. The molecule has 0 unspecified atom stereocenters. The van der Waals surface area contributed by atoms with Gasteiger partial charge in [-0.1, -0.05) is 0 Å². The number of carbonyl (C=O) groups is 1. The van der Waals surface area contributed by atoms with Gasteiger partial charge in [0.1, 0.15) is 5.69 Å². The summed E-state index contributed by atoms with van der Waals surface area (Å²) in [6.45, 7) is 6.38. The van der Waals surface area contributed by atoms with E-state index in [9.17, 15) is 14.9 Å². The predicted octanol–water partition coefficient (Wildman–Crippen LogP) is 2.06. The maximum absolute atomic E-state index is 11.9. The summed E-state index contributed by atoms with van der Waals surface area (Å²) in [5.41, 5.74) is 0.395. The topological polar surface area (TPSA) is 103 Å². The normalized spacial score (nSPS) is 15.8. The summed E-state index contributed by atoms with van der Waals surface area (Å²) in [5.74, 6) is 0.413. The third kappa shape index (κ3) is 3.91. The second kappa shape index (κ2) is 6.84. The lowest BCUT2D eigenvalue weighted by Gasteiger charge is -2.32. The van der Waals surface area contributed by atoms with Gasteiger partial charge in [0.2, 0.25) is 5.82 Å². The average Bonchev–Trinajstić information content (AvgIpc) is 2.73. The number of likely N-dealkylation sites (tertiary alicyclic amines) is 1. The van der Waals surface area contributed by atoms with Gasteiger partial charge in [-0.3, -0.25) is 10.1 Å². The Morgan fingerprint density at radius 2 is 2.04 bits per heavy atom. The van der Waals surface area contributed by atoms with Crippen LogP contribution in [0.2, 0.25) is 0 Å². The molecule has 23 heavy (non-hydrogen) atoms. The first-order valence-electron chi connectivity index (χ1n) is 7.69. The molecular formula is C14H23N5O4. The number of anilines is 1. The molecule has 0 atom stereocenters. The summed E-state index contributed by atoms with van der Waals surface area (Å²) >= 11 is 0. The van der Waals surface area contributed by atoms with Crippen LogP contribution in [0, 0.1) is 17.0 Å². The number of rotatable bonds is 4. The molecule has 1 fully saturated rings. The number of carbonyl (C=O) groups excluding carboxylic acids is 1. The quantitative estimate of drug-likeness (QED) is 0.671. The second-order valence-corrected chi connectivity index (χ2v) is 6.00. The van der Waals surface area contributed by atoms with E-state index in [1.807, 2.05) is 13.8 Å². The van der Waals surface area contributed by atoms with Crippen LogP contribution in [0.3, 0.4) is 0 Å². The van der Waals surface area contributed by atoms with E-state index in [1.165, 1.54) is 4.68 Å². The van der Waals surface area contributed by atoms with Crippen LogP contribution in [-0.4, -0.2) is 50.9 Å². The number of nitro groups is 1. The number of nitrogens with zero attached hydrogens (tertiary/aromatic N) is 4. The first-order valence-corrected chi connectivity index (χ1v) is 7.69. The molecule has 0 bridgehead atoms. The highest BCUT2D eigenvalue weighted by atomic mass is 16.6. The number of amides is 1. The van der Waals surface area contributed by atoms with Crippen molar-refractivity contribution in [3.8, 4) is 0 Å². The van der Waals surface area contributed by atoms with Crippen molar-refractivity contribution in [1.29, 1.82) is 0 Å². The first kappa shape index (κ1) is 17.0. The Hall–Kier alpha value is -2.32. The Morgan fingerprint density at radius 3 is 2.57 bits per heavy atom. The number of hydrogen-bond donors (Lipinski definition) is 1. The van der Waals surface area contributed by atoms with E-state index in [1.54, 1.807) is 18.9 Å². The zero-order valence-corrected chi connectivity index (χ0v) is 13.9. The Morgan fingerprint density at radius 1 is 1.43 bits per heavy atom. The monoisotopic (exact) mass is 325 g/mol. The molecule has 1 saturated heterocycles. The zero-order chi connectivity index (χ0) is 17.1. The van der Waals surface area contributed by atoms with Crippen LogP contribution in [0.25, 0.3) is 0 Å². The summed E-state index contributed by atoms with van der Waals surface area (Å²) in [6.07, 6.45) is 0.961. The molecule has 1 N–H and O–H groups in total. The molecular weight excluding hydrogens is 302 g/mol. The minimum absolute atomic E-state index is 0.00847. The highest BCUT2D eigenvalue weighted by molar-refractivity contribution is 5.68. The third-order valence-electron chi connectivity index (χ3n) is 3.80. The summed E-state index contributed by atoms with van der Waals surface area (Å²) < 4.78 is 6.67. The zero-order valence-electron chi connectivity index (χ0n) is 13.9. The van der Waals surface area contributed by atoms with Gasteiger partial charge in [-0.15, -0.1) is 0 Å². The van der Waals surface area contributed by atoms with Crippen molar-refractivity contribution >= 4 is 17.6 Å². The van der Waals surface area contributed by atoms with Crippen LogP contribution in [0.1, 0.15) is 32.4 Å². The summed E-state index contributed by atoms with van der Waals surface area (Å²) in [6, 6.07) is 0.0617. The van der Waals surface area contributed by atoms with E-state index in [0.717, 1.165) is 0 Å². The van der Waals surface area contributed by atoms with E-state index in [0.29, 0.717) is 37.4 Å². The van der Waals surface area contributed by atoms with Crippen molar-refractivity contribution < 1.29 is 14.5 Å². The molecule has 1 amide bonds. The summed E-state index contributed by atoms with van der Waals surface area (Å²) in [7, 11) is 1.68. The predicted molar refractivity (Wildman–Crippen MR) is 84.4 cm³/mol. The van der Waals surface area contributed by atoms with Crippen LogP contribution in [0.5, 0.6) is 0 Å². The second-order valence-electron chi connectivity index (χ2n) is 6.00. The van der Waals surface area contributed by atoms with Crippen molar-refractivity contribution in [1.82, 2.24) is 14.7 Å². The van der Waals surface area contributed by atoms with Crippen LogP contribution in [0.4, 0.5) is 16.3 Å². The van der Waals surface area contributed by atoms with E-state index in [4.69, 9.17) is 4.74 Å². The molecule has 0 aliphatic carbocycles. The highest BCUT2D eigenvalue weighted by Crippen LogP contribution is 2.29. The van der Waals surface area contributed by atoms with Gasteiger partial charge in [0, 0.05) is 26.2 Å². The lowest BCUT2D eigenvalue weighted by atomic mass is 10.1. The maximum Gasteiger partial charge on any atom is 0.410 e. The summed E-state index contributed by atoms with van der Waals surface area (Å²) in [5, 5.41) is 18.5. The Bertz CT molecular complexity index is 590. The fraction of sp³-hybridized carbons (Fsp3) is 0.714. The molecule has 0 aromatic carbocycles. The standard InChI is InChI=1S/C14H23N5O4/c1-9(2)23-14(20)18-7-5-11(6-8-18)15-13-12(19(21)22)10(3)16-17(13)4/h9,11,15H,5-8H2,1-4H3. The minimum Gasteiger partial charge on any atom is -0.447 e. The Labute approximate surface area is 134 Å². The highest BCUT2D eigenvalue weighted by Gasteiger charge is 2.29. The number of hydrogen-bond acceptors (Lipinski definition) is 6. The molecule has 128 valence electrons. The maximum atomic E-state index is 11.9. The van der Waals surface area contributed by atoms with Crippen LogP contribution in [-0.2, 0) is 11.8 Å². The number of aromatic nitrogens is 2. The fourth-order valence-corrected chi connectivity index (χ4v) is 2.70. The molecule has 1 aliphatic rings. The van der Waals surface area contributed by atoms with Crippen molar-refractivity contribution in [3.63, 3.8) is 0 Å². The number of piperidine rings is 1. The average molecular weight is 325 g/mol. The van der Waals surface area contributed by atoms with Crippen molar-refractivity contribution in [2.75, 3.05) is 18.4 Å². The molecule has 9 nitrogen and oxygen atoms in total. The third-order valence-corrected chi connectivity index (χ3v) is 3.80. The van der Waals surface area contributed by atoms with Gasteiger partial charge in [0.25, 0.3) is 0 Å².